The van der Waals surface area contributed by atoms with Crippen LogP contribution in [0.2, 0.25) is 0 Å². The summed E-state index contributed by atoms with van der Waals surface area (Å²) in [4.78, 5) is 13.4. The number of carbonyl (C=O) groups is 1. The molecule has 0 aliphatic carbocycles. The summed E-state index contributed by atoms with van der Waals surface area (Å²) < 4.78 is 50.4. The molecule has 0 radical (unpaired) electrons. The Morgan fingerprint density at radius 1 is 1.32 bits per heavy atom. The maximum absolute atomic E-state index is 13.1. The molecule has 1 aromatic carbocycles. The SMILES string of the molecule is CCN(c1cc2c(C(=O)O)c(C(F)(F)F)ccc2o1)C1CCOCC1. The number of nitrogens with zero attached hydrogens (tertiary/aromatic N) is 1. The zero-order valence-electron chi connectivity index (χ0n) is 13.6. The number of hydrogen-bond donors (Lipinski definition) is 1. The number of carboxylic acid groups (broad SMARTS) is 1. The lowest BCUT2D eigenvalue weighted by Gasteiger charge is -2.33. The van der Waals surface area contributed by atoms with Crippen molar-refractivity contribution in [1.29, 1.82) is 0 Å². The van der Waals surface area contributed by atoms with Crippen LogP contribution in [0.3, 0.4) is 0 Å². The highest BCUT2D eigenvalue weighted by molar-refractivity contribution is 6.04. The lowest BCUT2D eigenvalue weighted by Crippen LogP contribution is -2.39. The Kier molecular flexibility index (Phi) is 4.64. The molecule has 3 rings (SSSR count). The van der Waals surface area contributed by atoms with Crippen LogP contribution in [0.25, 0.3) is 11.0 Å². The molecule has 1 fully saturated rings. The van der Waals surface area contributed by atoms with Gasteiger partial charge in [0.25, 0.3) is 0 Å². The molecule has 0 bridgehead atoms. The van der Waals surface area contributed by atoms with E-state index in [9.17, 15) is 23.1 Å². The van der Waals surface area contributed by atoms with E-state index in [1.807, 2.05) is 11.8 Å². The van der Waals surface area contributed by atoms with Crippen LogP contribution in [-0.2, 0) is 10.9 Å². The summed E-state index contributed by atoms with van der Waals surface area (Å²) in [5.41, 5.74) is -1.82. The zero-order valence-corrected chi connectivity index (χ0v) is 13.6. The minimum absolute atomic E-state index is 0.0390. The van der Waals surface area contributed by atoms with Crippen molar-refractivity contribution in [2.24, 2.45) is 0 Å². The van der Waals surface area contributed by atoms with Gasteiger partial charge in [-0.2, -0.15) is 13.2 Å². The Balaban J connectivity index is 2.10. The first kappa shape index (κ1) is 17.6. The fraction of sp³-hybridized carbons (Fsp3) is 0.471. The predicted octanol–water partition coefficient (Wildman–Crippen LogP) is 4.16. The molecule has 5 nitrogen and oxygen atoms in total. The van der Waals surface area contributed by atoms with Gasteiger partial charge in [0.15, 0.2) is 5.88 Å². The minimum Gasteiger partial charge on any atom is -0.478 e. The first-order valence-electron chi connectivity index (χ1n) is 8.04. The highest BCUT2D eigenvalue weighted by Gasteiger charge is 2.37. The Bertz CT molecular complexity index is 778. The Morgan fingerprint density at radius 2 is 2.00 bits per heavy atom. The first-order chi connectivity index (χ1) is 11.8. The summed E-state index contributed by atoms with van der Waals surface area (Å²) in [5.74, 6) is -1.24. The van der Waals surface area contributed by atoms with Gasteiger partial charge in [-0.15, -0.1) is 0 Å². The number of halogens is 3. The molecule has 25 heavy (non-hydrogen) atoms. The number of hydrogen-bond acceptors (Lipinski definition) is 4. The van der Waals surface area contributed by atoms with Gasteiger partial charge in [0.1, 0.15) is 5.58 Å². The van der Waals surface area contributed by atoms with Crippen LogP contribution in [-0.4, -0.2) is 36.9 Å². The molecular weight excluding hydrogens is 339 g/mol. The van der Waals surface area contributed by atoms with Crippen molar-refractivity contribution in [1.82, 2.24) is 0 Å². The van der Waals surface area contributed by atoms with Crippen molar-refractivity contribution in [3.8, 4) is 0 Å². The van der Waals surface area contributed by atoms with Crippen LogP contribution >= 0.6 is 0 Å². The molecule has 0 unspecified atom stereocenters. The van der Waals surface area contributed by atoms with Crippen LogP contribution < -0.4 is 4.90 Å². The van der Waals surface area contributed by atoms with Gasteiger partial charge in [-0.25, -0.2) is 4.79 Å². The highest BCUT2D eigenvalue weighted by atomic mass is 19.4. The van der Waals surface area contributed by atoms with Gasteiger partial charge in [0.05, 0.1) is 11.1 Å². The monoisotopic (exact) mass is 357 g/mol. The zero-order chi connectivity index (χ0) is 18.2. The molecule has 2 heterocycles. The fourth-order valence-corrected chi connectivity index (χ4v) is 3.30. The summed E-state index contributed by atoms with van der Waals surface area (Å²) >= 11 is 0. The number of furan rings is 1. The molecular formula is C17H18F3NO4. The second kappa shape index (κ2) is 6.59. The molecule has 2 aromatic rings. The maximum atomic E-state index is 13.1. The standard InChI is InChI=1S/C17H18F3NO4/c1-2-21(10-5-7-24-8-6-10)14-9-11-13(25-14)4-3-12(17(18,19)20)15(11)16(22)23/h3-4,9-10H,2,5-8H2,1H3,(H,22,23). The lowest BCUT2D eigenvalue weighted by atomic mass is 10.0. The molecule has 1 aliphatic rings. The van der Waals surface area contributed by atoms with Crippen LogP contribution in [0.1, 0.15) is 35.7 Å². The lowest BCUT2D eigenvalue weighted by molar-refractivity contribution is -0.138. The van der Waals surface area contributed by atoms with Gasteiger partial charge in [0.2, 0.25) is 0 Å². The largest absolute Gasteiger partial charge is 0.478 e. The Hall–Kier alpha value is -2.22. The number of ether oxygens (including phenoxy) is 1. The Morgan fingerprint density at radius 3 is 2.56 bits per heavy atom. The number of alkyl halides is 3. The van der Waals surface area contributed by atoms with E-state index in [0.29, 0.717) is 25.6 Å². The number of aromatic carboxylic acids is 1. The van der Waals surface area contributed by atoms with Gasteiger partial charge in [-0.1, -0.05) is 0 Å². The van der Waals surface area contributed by atoms with E-state index in [0.717, 1.165) is 18.9 Å². The first-order valence-corrected chi connectivity index (χ1v) is 8.04. The van der Waals surface area contributed by atoms with Gasteiger partial charge in [-0.05, 0) is 31.9 Å². The summed E-state index contributed by atoms with van der Waals surface area (Å²) in [6, 6.07) is 3.47. The molecule has 136 valence electrons. The molecule has 0 spiro atoms. The second-order valence-electron chi connectivity index (χ2n) is 5.92. The van der Waals surface area contributed by atoms with E-state index in [1.54, 1.807) is 0 Å². The number of anilines is 1. The molecule has 1 N–H and O–H groups in total. The summed E-state index contributed by atoms with van der Waals surface area (Å²) in [5, 5.41) is 9.27. The maximum Gasteiger partial charge on any atom is 0.417 e. The van der Waals surface area contributed by atoms with E-state index >= 15 is 0 Å². The predicted molar refractivity (Wildman–Crippen MR) is 85.0 cm³/mol. The number of benzene rings is 1. The summed E-state index contributed by atoms with van der Waals surface area (Å²) in [6.07, 6.45) is -3.18. The second-order valence-corrected chi connectivity index (χ2v) is 5.92. The van der Waals surface area contributed by atoms with E-state index in [4.69, 9.17) is 9.15 Å². The molecule has 1 aromatic heterocycles. The highest BCUT2D eigenvalue weighted by Crippen LogP contribution is 2.38. The topological polar surface area (TPSA) is 62.9 Å². The molecule has 1 aliphatic heterocycles. The molecule has 0 amide bonds. The van der Waals surface area contributed by atoms with E-state index in [-0.39, 0.29) is 17.0 Å². The van der Waals surface area contributed by atoms with Crippen molar-refractivity contribution in [3.63, 3.8) is 0 Å². The smallest absolute Gasteiger partial charge is 0.417 e. The third-order valence-electron chi connectivity index (χ3n) is 4.46. The van der Waals surface area contributed by atoms with Crippen molar-refractivity contribution < 1.29 is 32.2 Å². The number of fused-ring (bicyclic) bond motifs is 1. The minimum atomic E-state index is -4.75. The van der Waals surface area contributed by atoms with E-state index < -0.39 is 23.3 Å². The van der Waals surface area contributed by atoms with Crippen LogP contribution in [0.5, 0.6) is 0 Å². The van der Waals surface area contributed by atoms with E-state index in [1.165, 1.54) is 12.1 Å². The van der Waals surface area contributed by atoms with Crippen molar-refractivity contribution in [2.45, 2.75) is 32.0 Å². The summed E-state index contributed by atoms with van der Waals surface area (Å²) in [6.45, 7) is 3.74. The molecule has 8 heteroatoms. The van der Waals surface area contributed by atoms with Gasteiger partial charge >= 0.3 is 12.1 Å². The summed E-state index contributed by atoms with van der Waals surface area (Å²) in [7, 11) is 0. The van der Waals surface area contributed by atoms with Gasteiger partial charge < -0.3 is 19.2 Å². The van der Waals surface area contributed by atoms with Crippen LogP contribution in [0.15, 0.2) is 22.6 Å². The van der Waals surface area contributed by atoms with Crippen LogP contribution in [0, 0.1) is 0 Å². The quantitative estimate of drug-likeness (QED) is 0.890. The van der Waals surface area contributed by atoms with Crippen molar-refractivity contribution in [3.05, 3.63) is 29.3 Å². The van der Waals surface area contributed by atoms with Crippen molar-refractivity contribution >= 4 is 22.8 Å². The average molecular weight is 357 g/mol. The van der Waals surface area contributed by atoms with Gasteiger partial charge in [-0.3, -0.25) is 0 Å². The molecule has 0 atom stereocenters. The molecule has 1 saturated heterocycles. The van der Waals surface area contributed by atoms with Crippen LogP contribution in [0.4, 0.5) is 19.1 Å². The average Bonchev–Trinajstić information content (AvgIpc) is 2.98. The molecule has 0 saturated carbocycles. The van der Waals surface area contributed by atoms with E-state index in [2.05, 4.69) is 0 Å². The Labute approximate surface area is 142 Å². The van der Waals surface area contributed by atoms with Gasteiger partial charge in [0, 0.05) is 37.3 Å². The third-order valence-corrected chi connectivity index (χ3v) is 4.46. The normalized spacial score (nSPS) is 16.3. The number of rotatable bonds is 4. The number of carboxylic acids is 1. The fourth-order valence-electron chi connectivity index (χ4n) is 3.30. The third kappa shape index (κ3) is 3.30. The van der Waals surface area contributed by atoms with Crippen molar-refractivity contribution in [2.75, 3.05) is 24.7 Å².